The molecule has 8 heteroatoms. The van der Waals surface area contributed by atoms with Crippen LogP contribution in [0.25, 0.3) is 16.8 Å². The number of amides is 1. The second kappa shape index (κ2) is 10.3. The summed E-state index contributed by atoms with van der Waals surface area (Å²) in [5.41, 5.74) is 5.70. The van der Waals surface area contributed by atoms with E-state index in [0.29, 0.717) is 17.8 Å². The van der Waals surface area contributed by atoms with Gasteiger partial charge >= 0.3 is 5.97 Å². The molecule has 1 aliphatic heterocycles. The highest BCUT2D eigenvalue weighted by molar-refractivity contribution is 6.09. The van der Waals surface area contributed by atoms with Crippen LogP contribution in [0.2, 0.25) is 0 Å². The fourth-order valence-electron chi connectivity index (χ4n) is 4.96. The Balaban J connectivity index is 1.44. The van der Waals surface area contributed by atoms with Crippen molar-refractivity contribution < 1.29 is 14.3 Å². The molecule has 0 unspecified atom stereocenters. The summed E-state index contributed by atoms with van der Waals surface area (Å²) in [5.74, 6) is -0.474. The second-order valence-corrected chi connectivity index (χ2v) is 9.13. The molecule has 0 aliphatic carbocycles. The number of carbonyl (C=O) groups is 2. The molecule has 0 spiro atoms. The topological polar surface area (TPSA) is 88.8 Å². The predicted molar refractivity (Wildman–Crippen MR) is 138 cm³/mol. The molecule has 0 saturated carbocycles. The van der Waals surface area contributed by atoms with E-state index in [1.165, 1.54) is 7.11 Å². The minimum Gasteiger partial charge on any atom is -0.468 e. The van der Waals surface area contributed by atoms with Crippen molar-refractivity contribution in [3.05, 3.63) is 83.8 Å². The molecule has 1 aliphatic rings. The van der Waals surface area contributed by atoms with Crippen molar-refractivity contribution in [1.29, 1.82) is 0 Å². The maximum atomic E-state index is 13.5. The molecule has 36 heavy (non-hydrogen) atoms. The summed E-state index contributed by atoms with van der Waals surface area (Å²) in [6.07, 6.45) is 6.29. The molecule has 2 aromatic heterocycles. The van der Waals surface area contributed by atoms with E-state index >= 15 is 0 Å². The summed E-state index contributed by atoms with van der Waals surface area (Å²) in [5, 5.41) is 11.3. The van der Waals surface area contributed by atoms with Gasteiger partial charge in [0, 0.05) is 18.4 Å². The van der Waals surface area contributed by atoms with E-state index in [2.05, 4.69) is 32.5 Å². The van der Waals surface area contributed by atoms with Crippen molar-refractivity contribution in [2.75, 3.05) is 19.0 Å². The quantitative estimate of drug-likeness (QED) is 0.407. The van der Waals surface area contributed by atoms with E-state index in [4.69, 9.17) is 4.74 Å². The summed E-state index contributed by atoms with van der Waals surface area (Å²) in [7, 11) is 1.43. The average Bonchev–Trinajstić information content (AvgIpc) is 3.38. The first-order valence-corrected chi connectivity index (χ1v) is 12.2. The lowest BCUT2D eigenvalue weighted by molar-refractivity contribution is -0.148. The van der Waals surface area contributed by atoms with Crippen LogP contribution < -0.4 is 5.32 Å². The highest BCUT2D eigenvalue weighted by Gasteiger charge is 2.30. The van der Waals surface area contributed by atoms with Crippen molar-refractivity contribution in [2.24, 2.45) is 0 Å². The first kappa shape index (κ1) is 23.7. The zero-order chi connectivity index (χ0) is 25.1. The maximum Gasteiger partial charge on any atom is 0.323 e. The van der Waals surface area contributed by atoms with Crippen LogP contribution in [0.15, 0.2) is 67.1 Å². The van der Waals surface area contributed by atoms with Crippen LogP contribution >= 0.6 is 0 Å². The molecule has 0 bridgehead atoms. The van der Waals surface area contributed by atoms with Crippen LogP contribution in [0.4, 0.5) is 5.69 Å². The second-order valence-electron chi connectivity index (χ2n) is 9.13. The number of fused-ring (bicyclic) bond motifs is 1. The average molecular weight is 484 g/mol. The Kier molecular flexibility index (Phi) is 6.77. The van der Waals surface area contributed by atoms with Gasteiger partial charge in [0.15, 0.2) is 5.65 Å². The molecule has 1 amide bonds. The molecule has 1 fully saturated rings. The summed E-state index contributed by atoms with van der Waals surface area (Å²) in [4.78, 5) is 28.0. The van der Waals surface area contributed by atoms with E-state index in [1.54, 1.807) is 10.7 Å². The number of likely N-dealkylation sites (tertiary alicyclic amines) is 1. The number of anilines is 1. The molecule has 4 aromatic rings. The zero-order valence-corrected chi connectivity index (χ0v) is 20.5. The Morgan fingerprint density at radius 2 is 1.94 bits per heavy atom. The van der Waals surface area contributed by atoms with E-state index in [-0.39, 0.29) is 17.9 Å². The van der Waals surface area contributed by atoms with E-state index in [0.717, 1.165) is 53.7 Å². The van der Waals surface area contributed by atoms with Crippen LogP contribution in [0.3, 0.4) is 0 Å². The molecular weight excluding hydrogens is 454 g/mol. The number of nitrogens with zero attached hydrogens (tertiary/aromatic N) is 4. The summed E-state index contributed by atoms with van der Waals surface area (Å²) < 4.78 is 6.79. The van der Waals surface area contributed by atoms with Gasteiger partial charge in [-0.2, -0.15) is 0 Å². The summed E-state index contributed by atoms with van der Waals surface area (Å²) >= 11 is 0. The van der Waals surface area contributed by atoms with Gasteiger partial charge in [-0.3, -0.25) is 18.9 Å². The monoisotopic (exact) mass is 483 g/mol. The Hall–Kier alpha value is -4.04. The first-order valence-electron chi connectivity index (χ1n) is 12.2. The fourth-order valence-corrected chi connectivity index (χ4v) is 4.96. The largest absolute Gasteiger partial charge is 0.468 e. The van der Waals surface area contributed by atoms with Gasteiger partial charge in [0.1, 0.15) is 12.4 Å². The molecule has 1 N–H and O–H groups in total. The number of piperidine rings is 1. The number of rotatable bonds is 6. The lowest BCUT2D eigenvalue weighted by Crippen LogP contribution is -2.44. The molecular formula is C28H29N5O3. The first-order chi connectivity index (χ1) is 17.5. The van der Waals surface area contributed by atoms with E-state index < -0.39 is 0 Å². The number of hydrogen-bond donors (Lipinski definition) is 1. The lowest BCUT2D eigenvalue weighted by Gasteiger charge is -2.33. The Labute approximate surface area is 209 Å². The third kappa shape index (κ3) is 4.72. The van der Waals surface area contributed by atoms with Crippen LogP contribution in [-0.2, 0) is 16.1 Å². The summed E-state index contributed by atoms with van der Waals surface area (Å²) in [6.45, 7) is 3.33. The normalized spacial score (nSPS) is 16.1. The Morgan fingerprint density at radius 1 is 1.11 bits per heavy atom. The maximum absolute atomic E-state index is 13.5. The molecule has 1 saturated heterocycles. The highest BCUT2D eigenvalue weighted by Crippen LogP contribution is 2.29. The van der Waals surface area contributed by atoms with Gasteiger partial charge in [0.25, 0.3) is 5.91 Å². The van der Waals surface area contributed by atoms with E-state index in [1.807, 2.05) is 55.6 Å². The molecule has 8 nitrogen and oxygen atoms in total. The molecule has 0 radical (unpaired) electrons. The number of pyridine rings is 1. The number of benzene rings is 2. The van der Waals surface area contributed by atoms with Crippen molar-refractivity contribution in [3.8, 4) is 11.1 Å². The molecule has 184 valence electrons. The van der Waals surface area contributed by atoms with Crippen molar-refractivity contribution in [3.63, 3.8) is 0 Å². The predicted octanol–water partition coefficient (Wildman–Crippen LogP) is 4.48. The number of carbonyl (C=O) groups excluding carboxylic acids is 2. The number of hydrogen-bond acceptors (Lipinski definition) is 6. The number of methoxy groups -OCH3 is 1. The third-order valence-electron chi connectivity index (χ3n) is 6.83. The van der Waals surface area contributed by atoms with Crippen LogP contribution in [0.5, 0.6) is 0 Å². The van der Waals surface area contributed by atoms with Gasteiger partial charge in [0.2, 0.25) is 0 Å². The fraction of sp³-hybridized carbons (Fsp3) is 0.286. The van der Waals surface area contributed by atoms with Gasteiger partial charge in [0.05, 0.1) is 12.7 Å². The Bertz CT molecular complexity index is 1400. The highest BCUT2D eigenvalue weighted by atomic mass is 16.5. The van der Waals surface area contributed by atoms with Crippen molar-refractivity contribution in [1.82, 2.24) is 19.5 Å². The van der Waals surface area contributed by atoms with Gasteiger partial charge in [-0.1, -0.05) is 48.9 Å². The number of esters is 1. The standard InChI is InChI=1S/C28H29N5O3/c1-19-22(21-9-4-3-5-10-21)11-8-12-24(19)30-27(34)23-15-20(17-33-18-29-31-26(23)33)16-32-14-7-6-13-25(32)28(35)36-2/h3-5,8-12,15,17-18,25H,6-7,13-14,16H2,1-2H3,(H,30,34)/t25-/m0/s1. The van der Waals surface area contributed by atoms with Crippen molar-refractivity contribution in [2.45, 2.75) is 38.8 Å². The molecule has 1 atom stereocenters. The number of nitrogens with one attached hydrogen (secondary N) is 1. The van der Waals surface area contributed by atoms with E-state index in [9.17, 15) is 9.59 Å². The van der Waals surface area contributed by atoms with Crippen molar-refractivity contribution >= 4 is 23.2 Å². The van der Waals surface area contributed by atoms with Crippen LogP contribution in [0, 0.1) is 6.92 Å². The summed E-state index contributed by atoms with van der Waals surface area (Å²) in [6, 6.07) is 17.6. The molecule has 2 aromatic carbocycles. The van der Waals surface area contributed by atoms with Gasteiger partial charge in [-0.15, -0.1) is 10.2 Å². The van der Waals surface area contributed by atoms with Gasteiger partial charge in [-0.05, 0) is 60.7 Å². The molecule has 5 rings (SSSR count). The molecule has 3 heterocycles. The SMILES string of the molecule is COC(=O)[C@@H]1CCCCN1Cc1cc(C(=O)Nc2cccc(-c3ccccc3)c2C)c2nncn2c1. The smallest absolute Gasteiger partial charge is 0.323 e. The minimum absolute atomic E-state index is 0.216. The van der Waals surface area contributed by atoms with Crippen LogP contribution in [-0.4, -0.2) is 51.1 Å². The lowest BCUT2D eigenvalue weighted by atomic mass is 9.99. The zero-order valence-electron chi connectivity index (χ0n) is 20.5. The number of aromatic nitrogens is 3. The Morgan fingerprint density at radius 3 is 2.75 bits per heavy atom. The minimum atomic E-state index is -0.277. The number of ether oxygens (including phenoxy) is 1. The van der Waals surface area contributed by atoms with Gasteiger partial charge in [-0.25, -0.2) is 0 Å². The third-order valence-corrected chi connectivity index (χ3v) is 6.83. The van der Waals surface area contributed by atoms with Gasteiger partial charge < -0.3 is 10.1 Å². The van der Waals surface area contributed by atoms with Crippen LogP contribution in [0.1, 0.15) is 40.7 Å².